The van der Waals surface area contributed by atoms with Crippen molar-refractivity contribution in [1.29, 1.82) is 0 Å². The molecule has 0 heterocycles. The first kappa shape index (κ1) is 13.7. The summed E-state index contributed by atoms with van der Waals surface area (Å²) in [5.41, 5.74) is -0.0334. The van der Waals surface area contributed by atoms with Gasteiger partial charge in [0, 0.05) is 6.04 Å². The second-order valence-corrected chi connectivity index (χ2v) is 4.11. The highest BCUT2D eigenvalue weighted by atomic mass is 35.5. The molecule has 4 nitrogen and oxygen atoms in total. The molecule has 0 atom stereocenters. The number of anilines is 1. The van der Waals surface area contributed by atoms with E-state index in [-0.39, 0.29) is 22.4 Å². The van der Waals surface area contributed by atoms with E-state index in [1.807, 2.05) is 13.8 Å². The average molecular weight is 261 g/mol. The number of hydrogen-bond donors (Lipinski definition) is 1. The van der Waals surface area contributed by atoms with Crippen LogP contribution in [0.1, 0.15) is 26.7 Å². The lowest BCUT2D eigenvalue weighted by molar-refractivity contribution is -0.384. The van der Waals surface area contributed by atoms with Gasteiger partial charge in [-0.25, -0.2) is 4.39 Å². The molecule has 0 aliphatic heterocycles. The molecule has 1 rings (SSSR count). The van der Waals surface area contributed by atoms with E-state index in [9.17, 15) is 14.5 Å². The van der Waals surface area contributed by atoms with E-state index in [1.165, 1.54) is 6.07 Å². The molecule has 6 heteroatoms. The number of nitro benzene ring substituents is 1. The summed E-state index contributed by atoms with van der Waals surface area (Å²) in [6, 6.07) is 2.20. The van der Waals surface area contributed by atoms with Crippen LogP contribution in [0, 0.1) is 15.9 Å². The molecule has 1 N–H and O–H groups in total. The van der Waals surface area contributed by atoms with Gasteiger partial charge in [0.1, 0.15) is 11.5 Å². The smallest absolute Gasteiger partial charge is 0.295 e. The number of halogens is 2. The third-order valence-corrected chi connectivity index (χ3v) is 2.87. The number of nitrogens with zero attached hydrogens (tertiary/aromatic N) is 1. The largest absolute Gasteiger partial charge is 0.377 e. The summed E-state index contributed by atoms with van der Waals surface area (Å²) in [6.45, 7) is 3.94. The highest BCUT2D eigenvalue weighted by Gasteiger charge is 2.19. The molecule has 0 saturated heterocycles. The Morgan fingerprint density at radius 1 is 1.47 bits per heavy atom. The van der Waals surface area contributed by atoms with Crippen molar-refractivity contribution in [3.05, 3.63) is 33.1 Å². The standard InChI is InChI=1S/C11H14ClFN2O2/c1-3-7(4-2)14-10-5-8(12)9(13)6-11(10)15(16)17/h5-7,14H,3-4H2,1-2H3. The maximum absolute atomic E-state index is 13.2. The van der Waals surface area contributed by atoms with Crippen LogP contribution in [0.4, 0.5) is 15.8 Å². The van der Waals surface area contributed by atoms with Crippen LogP contribution in [-0.2, 0) is 0 Å². The summed E-state index contributed by atoms with van der Waals surface area (Å²) in [6.07, 6.45) is 1.64. The Morgan fingerprint density at radius 2 is 2.06 bits per heavy atom. The summed E-state index contributed by atoms with van der Waals surface area (Å²) >= 11 is 5.62. The monoisotopic (exact) mass is 260 g/mol. The highest BCUT2D eigenvalue weighted by Crippen LogP contribution is 2.31. The summed E-state index contributed by atoms with van der Waals surface area (Å²) in [5.74, 6) is -0.784. The number of benzene rings is 1. The Hall–Kier alpha value is -1.36. The van der Waals surface area contributed by atoms with Crippen molar-refractivity contribution in [3.8, 4) is 0 Å². The molecule has 1 aromatic carbocycles. The van der Waals surface area contributed by atoms with Crippen molar-refractivity contribution in [3.63, 3.8) is 0 Å². The zero-order valence-electron chi connectivity index (χ0n) is 9.67. The first-order valence-electron chi connectivity index (χ1n) is 5.39. The minimum absolute atomic E-state index is 0.107. The molecular weight excluding hydrogens is 247 g/mol. The Labute approximate surface area is 104 Å². The molecule has 0 spiro atoms. The SMILES string of the molecule is CCC(CC)Nc1cc(Cl)c(F)cc1[N+](=O)[O-]. The van der Waals surface area contributed by atoms with E-state index in [1.54, 1.807) is 0 Å². The summed E-state index contributed by atoms with van der Waals surface area (Å²) in [4.78, 5) is 10.2. The van der Waals surface area contributed by atoms with Gasteiger partial charge in [-0.15, -0.1) is 0 Å². The van der Waals surface area contributed by atoms with Gasteiger partial charge in [-0.1, -0.05) is 25.4 Å². The van der Waals surface area contributed by atoms with Crippen LogP contribution in [0.2, 0.25) is 5.02 Å². The zero-order chi connectivity index (χ0) is 13.0. The van der Waals surface area contributed by atoms with Gasteiger partial charge in [-0.05, 0) is 18.9 Å². The van der Waals surface area contributed by atoms with Crippen molar-refractivity contribution in [2.45, 2.75) is 32.7 Å². The van der Waals surface area contributed by atoms with Crippen LogP contribution in [0.3, 0.4) is 0 Å². The predicted molar refractivity (Wildman–Crippen MR) is 66.1 cm³/mol. The molecule has 0 aromatic heterocycles. The van der Waals surface area contributed by atoms with Gasteiger partial charge in [0.2, 0.25) is 0 Å². The van der Waals surface area contributed by atoms with Crippen molar-refractivity contribution in [1.82, 2.24) is 0 Å². The summed E-state index contributed by atoms with van der Waals surface area (Å²) in [7, 11) is 0. The molecule has 94 valence electrons. The number of nitrogens with one attached hydrogen (secondary N) is 1. The predicted octanol–water partition coefficient (Wildman–Crippen LogP) is 3.99. The Kier molecular flexibility index (Phi) is 4.69. The molecule has 0 fully saturated rings. The van der Waals surface area contributed by atoms with E-state index in [4.69, 9.17) is 11.6 Å². The third kappa shape index (κ3) is 3.30. The van der Waals surface area contributed by atoms with Crippen molar-refractivity contribution in [2.75, 3.05) is 5.32 Å². The van der Waals surface area contributed by atoms with E-state index >= 15 is 0 Å². The fourth-order valence-electron chi connectivity index (χ4n) is 1.52. The molecule has 0 saturated carbocycles. The fourth-order valence-corrected chi connectivity index (χ4v) is 1.68. The van der Waals surface area contributed by atoms with Crippen molar-refractivity contribution in [2.24, 2.45) is 0 Å². The third-order valence-electron chi connectivity index (χ3n) is 2.58. The fraction of sp³-hybridized carbons (Fsp3) is 0.455. The quantitative estimate of drug-likeness (QED) is 0.643. The molecule has 0 unspecified atom stereocenters. The van der Waals surface area contributed by atoms with Gasteiger partial charge in [-0.2, -0.15) is 0 Å². The maximum atomic E-state index is 13.2. The maximum Gasteiger partial charge on any atom is 0.295 e. The van der Waals surface area contributed by atoms with Crippen LogP contribution in [-0.4, -0.2) is 11.0 Å². The Bertz CT molecular complexity index is 422. The number of hydrogen-bond acceptors (Lipinski definition) is 3. The van der Waals surface area contributed by atoms with E-state index < -0.39 is 10.7 Å². The van der Waals surface area contributed by atoms with Gasteiger partial charge >= 0.3 is 0 Å². The van der Waals surface area contributed by atoms with Gasteiger partial charge in [0.05, 0.1) is 16.0 Å². The lowest BCUT2D eigenvalue weighted by Gasteiger charge is -2.16. The second-order valence-electron chi connectivity index (χ2n) is 3.70. The van der Waals surface area contributed by atoms with Crippen LogP contribution < -0.4 is 5.32 Å². The van der Waals surface area contributed by atoms with Gasteiger partial charge in [0.25, 0.3) is 5.69 Å². The van der Waals surface area contributed by atoms with Gasteiger partial charge < -0.3 is 5.32 Å². The van der Waals surface area contributed by atoms with E-state index in [2.05, 4.69) is 5.32 Å². The molecule has 0 aliphatic rings. The van der Waals surface area contributed by atoms with E-state index in [0.717, 1.165) is 18.9 Å². The second kappa shape index (κ2) is 5.82. The van der Waals surface area contributed by atoms with Crippen LogP contribution in [0.25, 0.3) is 0 Å². The first-order chi connectivity index (χ1) is 7.99. The van der Waals surface area contributed by atoms with Crippen LogP contribution in [0.5, 0.6) is 0 Å². The van der Waals surface area contributed by atoms with Gasteiger partial charge in [-0.3, -0.25) is 10.1 Å². The van der Waals surface area contributed by atoms with Crippen molar-refractivity contribution >= 4 is 23.0 Å². The number of rotatable bonds is 5. The summed E-state index contributed by atoms with van der Waals surface area (Å²) in [5, 5.41) is 13.7. The van der Waals surface area contributed by atoms with Crippen LogP contribution in [0.15, 0.2) is 12.1 Å². The summed E-state index contributed by atoms with van der Waals surface area (Å²) < 4.78 is 13.2. The molecule has 0 aliphatic carbocycles. The molecule has 0 bridgehead atoms. The minimum atomic E-state index is -0.784. The topological polar surface area (TPSA) is 55.2 Å². The Morgan fingerprint density at radius 3 is 2.53 bits per heavy atom. The molecule has 17 heavy (non-hydrogen) atoms. The zero-order valence-corrected chi connectivity index (χ0v) is 10.4. The molecular formula is C11H14ClFN2O2. The van der Waals surface area contributed by atoms with Crippen molar-refractivity contribution < 1.29 is 9.31 Å². The number of nitro groups is 1. The highest BCUT2D eigenvalue weighted by molar-refractivity contribution is 6.31. The molecule has 1 aromatic rings. The van der Waals surface area contributed by atoms with Crippen LogP contribution >= 0.6 is 11.6 Å². The van der Waals surface area contributed by atoms with E-state index in [0.29, 0.717) is 0 Å². The average Bonchev–Trinajstić information content (AvgIpc) is 2.29. The first-order valence-corrected chi connectivity index (χ1v) is 5.77. The normalized spacial score (nSPS) is 10.6. The Balaban J connectivity index is 3.12. The minimum Gasteiger partial charge on any atom is -0.377 e. The lowest BCUT2D eigenvalue weighted by Crippen LogP contribution is -2.17. The lowest BCUT2D eigenvalue weighted by atomic mass is 10.1. The van der Waals surface area contributed by atoms with Gasteiger partial charge in [0.15, 0.2) is 0 Å². The molecule has 0 radical (unpaired) electrons. The molecule has 0 amide bonds.